The second-order valence-corrected chi connectivity index (χ2v) is 11.0. The van der Waals surface area contributed by atoms with Gasteiger partial charge >= 0.3 is 0 Å². The van der Waals surface area contributed by atoms with Crippen molar-refractivity contribution in [3.8, 4) is 0 Å². The molecular weight excluding hydrogens is 438 g/mol. The fraction of sp³-hybridized carbons (Fsp3) is 0.773. The minimum Gasteiger partial charge on any atom is -0.391 e. The molecule has 2 aliphatic carbocycles. The fourth-order valence-electron chi connectivity index (χ4n) is 4.65. The number of aromatic nitrogens is 7. The topological polar surface area (TPSA) is 144 Å². The third-order valence-corrected chi connectivity index (χ3v) is 6.86. The number of nitrogens with one attached hydrogen (secondary N) is 1. The van der Waals surface area contributed by atoms with Crippen LogP contribution in [0.15, 0.2) is 6.20 Å². The number of carbonyl (C=O) groups is 2. The molecule has 0 unspecified atom stereocenters. The molecular formula is C22H33N9O3. The first kappa shape index (κ1) is 22.9. The first-order chi connectivity index (χ1) is 16.2. The van der Waals surface area contributed by atoms with Crippen LogP contribution in [0.4, 0.5) is 0 Å². The lowest BCUT2D eigenvalue weighted by molar-refractivity contribution is -0.144. The summed E-state index contributed by atoms with van der Waals surface area (Å²) in [6, 6.07) is -1.41. The molecule has 2 aromatic heterocycles. The van der Waals surface area contributed by atoms with Gasteiger partial charge in [0.2, 0.25) is 11.8 Å². The van der Waals surface area contributed by atoms with E-state index in [0.29, 0.717) is 17.7 Å². The first-order valence-electron chi connectivity index (χ1n) is 12.1. The molecule has 0 spiro atoms. The molecule has 0 bridgehead atoms. The van der Waals surface area contributed by atoms with Crippen LogP contribution in [0.2, 0.25) is 0 Å². The number of nitrogens with zero attached hydrogens (tertiary/aromatic N) is 8. The van der Waals surface area contributed by atoms with E-state index in [1.807, 2.05) is 27.0 Å². The molecule has 3 aliphatic rings. The quantitative estimate of drug-likeness (QED) is 0.564. The highest BCUT2D eigenvalue weighted by Crippen LogP contribution is 2.40. The molecule has 5 rings (SSSR count). The highest BCUT2D eigenvalue weighted by molar-refractivity contribution is 5.90. The summed E-state index contributed by atoms with van der Waals surface area (Å²) in [5, 5.41) is 33.5. The van der Waals surface area contributed by atoms with Crippen molar-refractivity contribution in [3.05, 3.63) is 17.7 Å². The van der Waals surface area contributed by atoms with E-state index in [-0.39, 0.29) is 31.3 Å². The van der Waals surface area contributed by atoms with Crippen molar-refractivity contribution < 1.29 is 14.7 Å². The number of hydrogen-bond acceptors (Lipinski definition) is 8. The van der Waals surface area contributed by atoms with E-state index in [1.54, 1.807) is 9.36 Å². The van der Waals surface area contributed by atoms with Crippen LogP contribution in [-0.4, -0.2) is 75.7 Å². The number of aliphatic hydroxyl groups is 1. The Bertz CT molecular complexity index is 1050. The van der Waals surface area contributed by atoms with Gasteiger partial charge in [0.25, 0.3) is 0 Å². The van der Waals surface area contributed by atoms with Crippen molar-refractivity contribution in [2.75, 3.05) is 6.54 Å². The fourth-order valence-corrected chi connectivity index (χ4v) is 4.65. The summed E-state index contributed by atoms with van der Waals surface area (Å²) in [6.07, 6.45) is 5.81. The lowest BCUT2D eigenvalue weighted by Gasteiger charge is -2.34. The van der Waals surface area contributed by atoms with Crippen molar-refractivity contribution in [1.82, 2.24) is 45.4 Å². The minimum atomic E-state index is -0.772. The molecule has 3 atom stereocenters. The Balaban J connectivity index is 1.30. The zero-order valence-corrected chi connectivity index (χ0v) is 20.0. The van der Waals surface area contributed by atoms with Gasteiger partial charge in [0.05, 0.1) is 18.3 Å². The predicted molar refractivity (Wildman–Crippen MR) is 119 cm³/mol. The molecule has 12 nitrogen and oxygen atoms in total. The van der Waals surface area contributed by atoms with Crippen LogP contribution in [-0.2, 0) is 22.7 Å². The molecule has 34 heavy (non-hydrogen) atoms. The highest BCUT2D eigenvalue weighted by atomic mass is 16.3. The van der Waals surface area contributed by atoms with Crippen LogP contribution in [0.3, 0.4) is 0 Å². The zero-order chi connectivity index (χ0) is 24.0. The van der Waals surface area contributed by atoms with Crippen LogP contribution < -0.4 is 5.32 Å². The second-order valence-electron chi connectivity index (χ2n) is 11.0. The van der Waals surface area contributed by atoms with E-state index in [4.69, 9.17) is 0 Å². The Hall–Kier alpha value is -2.89. The maximum atomic E-state index is 13.8. The lowest BCUT2D eigenvalue weighted by Crippen LogP contribution is -2.50. The molecule has 2 saturated carbocycles. The molecule has 2 aromatic rings. The van der Waals surface area contributed by atoms with E-state index in [1.165, 1.54) is 17.7 Å². The van der Waals surface area contributed by atoms with E-state index < -0.39 is 23.6 Å². The molecule has 12 heteroatoms. The van der Waals surface area contributed by atoms with Crippen LogP contribution in [0.25, 0.3) is 0 Å². The van der Waals surface area contributed by atoms with Crippen molar-refractivity contribution in [2.24, 2.45) is 11.3 Å². The van der Waals surface area contributed by atoms with E-state index in [9.17, 15) is 14.7 Å². The van der Waals surface area contributed by atoms with E-state index in [0.717, 1.165) is 25.1 Å². The van der Waals surface area contributed by atoms with Gasteiger partial charge in [-0.05, 0) is 47.4 Å². The Morgan fingerprint density at radius 2 is 1.94 bits per heavy atom. The number of carbonyl (C=O) groups excluding carboxylic acids is 2. The number of hydrogen-bond donors (Lipinski definition) is 2. The predicted octanol–water partition coefficient (Wildman–Crippen LogP) is 0.417. The first-order valence-corrected chi connectivity index (χ1v) is 12.1. The van der Waals surface area contributed by atoms with Gasteiger partial charge in [0, 0.05) is 31.6 Å². The summed E-state index contributed by atoms with van der Waals surface area (Å²) < 4.78 is 3.35. The second kappa shape index (κ2) is 8.71. The van der Waals surface area contributed by atoms with Gasteiger partial charge in [0.15, 0.2) is 5.82 Å². The van der Waals surface area contributed by atoms with Crippen molar-refractivity contribution in [2.45, 2.75) is 90.1 Å². The van der Waals surface area contributed by atoms with Crippen LogP contribution in [0.5, 0.6) is 0 Å². The van der Waals surface area contributed by atoms with Gasteiger partial charge < -0.3 is 15.3 Å². The van der Waals surface area contributed by atoms with Crippen molar-refractivity contribution >= 4 is 11.8 Å². The molecule has 1 aliphatic heterocycles. The standard InChI is InChI=1S/C22H33N9O3/c1-22(2,3)19(31-12-16(24-27-31)14-6-7-14)21(34)29-11-15(32)8-17(29)20(33)23-9-18-25-26-28-30(18)10-13-4-5-13/h12-15,17,19,32H,4-11H2,1-3H3,(H,23,33)/t15-,17+,19-/m1/s1. The van der Waals surface area contributed by atoms with Gasteiger partial charge in [0.1, 0.15) is 12.1 Å². The Kier molecular flexibility index (Phi) is 5.86. The van der Waals surface area contributed by atoms with Gasteiger partial charge in [-0.25, -0.2) is 9.36 Å². The Morgan fingerprint density at radius 1 is 1.18 bits per heavy atom. The molecule has 3 fully saturated rings. The van der Waals surface area contributed by atoms with Crippen LogP contribution in [0.1, 0.15) is 76.4 Å². The summed E-state index contributed by atoms with van der Waals surface area (Å²) in [5.74, 6) is 1.04. The molecule has 2 amide bonds. The summed E-state index contributed by atoms with van der Waals surface area (Å²) in [7, 11) is 0. The van der Waals surface area contributed by atoms with Gasteiger partial charge in [-0.3, -0.25) is 9.59 Å². The average molecular weight is 472 g/mol. The van der Waals surface area contributed by atoms with Gasteiger partial charge in [-0.15, -0.1) is 10.2 Å². The number of rotatable bonds is 8. The summed E-state index contributed by atoms with van der Waals surface area (Å²) >= 11 is 0. The summed E-state index contributed by atoms with van der Waals surface area (Å²) in [6.45, 7) is 6.93. The molecule has 1 saturated heterocycles. The molecule has 184 valence electrons. The highest BCUT2D eigenvalue weighted by Gasteiger charge is 2.45. The normalized spacial score (nSPS) is 23.8. The monoisotopic (exact) mass is 471 g/mol. The van der Waals surface area contributed by atoms with Gasteiger partial charge in [-0.1, -0.05) is 26.0 Å². The number of amides is 2. The van der Waals surface area contributed by atoms with Gasteiger partial charge in [-0.2, -0.15) is 0 Å². The van der Waals surface area contributed by atoms with Crippen LogP contribution >= 0.6 is 0 Å². The third-order valence-electron chi connectivity index (χ3n) is 6.86. The molecule has 2 N–H and O–H groups in total. The number of β-amino-alcohol motifs (C(OH)–C–C–N with tert-alkyl or cyclic N) is 1. The zero-order valence-electron chi connectivity index (χ0n) is 20.0. The lowest BCUT2D eigenvalue weighted by atomic mass is 9.85. The number of aliphatic hydroxyl groups excluding tert-OH is 1. The van der Waals surface area contributed by atoms with E-state index in [2.05, 4.69) is 31.2 Å². The maximum absolute atomic E-state index is 13.8. The van der Waals surface area contributed by atoms with E-state index >= 15 is 0 Å². The SMILES string of the molecule is CC(C)(C)[C@@H](C(=O)N1C[C@H](O)C[C@H]1C(=O)NCc1nnnn1CC1CC1)n1cc(C2CC2)nn1. The van der Waals surface area contributed by atoms with Crippen molar-refractivity contribution in [3.63, 3.8) is 0 Å². The maximum Gasteiger partial charge on any atom is 0.248 e. The number of tetrazole rings is 1. The third kappa shape index (κ3) is 4.82. The number of likely N-dealkylation sites (tertiary alicyclic amines) is 1. The molecule has 0 aromatic carbocycles. The van der Waals surface area contributed by atoms with Crippen LogP contribution in [0, 0.1) is 11.3 Å². The summed E-state index contributed by atoms with van der Waals surface area (Å²) in [4.78, 5) is 28.4. The smallest absolute Gasteiger partial charge is 0.248 e. The Labute approximate surface area is 198 Å². The summed E-state index contributed by atoms with van der Waals surface area (Å²) in [5.41, 5.74) is 0.437. The van der Waals surface area contributed by atoms with Crippen molar-refractivity contribution in [1.29, 1.82) is 0 Å². The molecule has 0 radical (unpaired) electrons. The average Bonchev–Trinajstić information content (AvgIpc) is 3.65. The Morgan fingerprint density at radius 3 is 2.62 bits per heavy atom. The largest absolute Gasteiger partial charge is 0.391 e. The molecule has 3 heterocycles. The minimum absolute atomic E-state index is 0.104.